The largest absolute Gasteiger partial charge is 0.481 e. The first-order valence-electron chi connectivity index (χ1n) is 8.12. The number of fused-ring (bicyclic) bond motifs is 1. The minimum Gasteiger partial charge on any atom is -0.481 e. The topological polar surface area (TPSA) is 133 Å². The van der Waals surface area contributed by atoms with Crippen molar-refractivity contribution in [3.63, 3.8) is 0 Å². The van der Waals surface area contributed by atoms with Crippen molar-refractivity contribution >= 4 is 35.3 Å². The average molecular weight is 359 g/mol. The van der Waals surface area contributed by atoms with Crippen LogP contribution in [0.2, 0.25) is 0 Å². The highest BCUT2D eigenvalue weighted by molar-refractivity contribution is 6.25. The molecule has 26 heavy (non-hydrogen) atoms. The van der Waals surface area contributed by atoms with E-state index in [2.05, 4.69) is 10.6 Å². The summed E-state index contributed by atoms with van der Waals surface area (Å²) in [5.74, 6) is -3.35. The van der Waals surface area contributed by atoms with Crippen LogP contribution in [-0.2, 0) is 14.4 Å². The Kier molecular flexibility index (Phi) is 4.45. The molecule has 0 saturated carbocycles. The molecule has 3 rings (SSSR count). The van der Waals surface area contributed by atoms with Crippen molar-refractivity contribution in [3.05, 3.63) is 29.3 Å². The zero-order valence-electron chi connectivity index (χ0n) is 13.9. The van der Waals surface area contributed by atoms with E-state index < -0.39 is 41.7 Å². The summed E-state index contributed by atoms with van der Waals surface area (Å²) in [6.45, 7) is 1.65. The quantitative estimate of drug-likeness (QED) is 0.647. The van der Waals surface area contributed by atoms with Crippen molar-refractivity contribution in [1.29, 1.82) is 0 Å². The number of rotatable bonds is 5. The van der Waals surface area contributed by atoms with Gasteiger partial charge in [-0.1, -0.05) is 6.07 Å². The molecule has 0 aromatic heterocycles. The maximum absolute atomic E-state index is 12.8. The van der Waals surface area contributed by atoms with Crippen molar-refractivity contribution in [1.82, 2.24) is 10.2 Å². The number of anilines is 1. The van der Waals surface area contributed by atoms with E-state index in [1.54, 1.807) is 19.1 Å². The summed E-state index contributed by atoms with van der Waals surface area (Å²) in [5.41, 5.74) is 0.594. The molecular formula is C17H17N3O6. The van der Waals surface area contributed by atoms with Gasteiger partial charge in [0.15, 0.2) is 0 Å². The van der Waals surface area contributed by atoms with Crippen molar-refractivity contribution < 1.29 is 29.1 Å². The molecule has 2 atom stereocenters. The third-order valence-electron chi connectivity index (χ3n) is 4.35. The van der Waals surface area contributed by atoms with E-state index in [4.69, 9.17) is 5.11 Å². The van der Waals surface area contributed by atoms with Gasteiger partial charge in [-0.15, -0.1) is 0 Å². The molecule has 0 radical (unpaired) electrons. The first kappa shape index (κ1) is 17.6. The van der Waals surface area contributed by atoms with Gasteiger partial charge in [-0.25, -0.2) is 0 Å². The number of carboxylic acid groups (broad SMARTS) is 1. The molecule has 1 aromatic rings. The van der Waals surface area contributed by atoms with E-state index in [0.29, 0.717) is 5.69 Å². The minimum absolute atomic E-state index is 0.0462. The molecule has 9 nitrogen and oxygen atoms in total. The number of hydrogen-bond acceptors (Lipinski definition) is 6. The molecule has 2 aliphatic rings. The number of nitrogens with zero attached hydrogens (tertiary/aromatic N) is 1. The lowest BCUT2D eigenvalue weighted by atomic mass is 10.0. The fourth-order valence-electron chi connectivity index (χ4n) is 3.21. The van der Waals surface area contributed by atoms with E-state index in [9.17, 15) is 24.0 Å². The summed E-state index contributed by atoms with van der Waals surface area (Å²) in [4.78, 5) is 60.6. The molecule has 4 amide bonds. The molecule has 3 N–H and O–H groups in total. The van der Waals surface area contributed by atoms with E-state index in [-0.39, 0.29) is 30.4 Å². The molecule has 2 unspecified atom stereocenters. The van der Waals surface area contributed by atoms with Gasteiger partial charge < -0.3 is 10.4 Å². The van der Waals surface area contributed by atoms with E-state index in [1.807, 2.05) is 0 Å². The van der Waals surface area contributed by atoms with Gasteiger partial charge in [0, 0.05) is 18.2 Å². The number of benzene rings is 1. The highest BCUT2D eigenvalue weighted by Gasteiger charge is 2.45. The van der Waals surface area contributed by atoms with Crippen molar-refractivity contribution in [3.8, 4) is 0 Å². The molecule has 0 spiro atoms. The minimum atomic E-state index is -1.04. The van der Waals surface area contributed by atoms with Crippen LogP contribution in [0.3, 0.4) is 0 Å². The SMILES string of the molecule is CC(CC(=O)O)Nc1cccc2c1C(=O)N(C1CCC(=O)NC1=O)C2=O. The van der Waals surface area contributed by atoms with Gasteiger partial charge in [-0.2, -0.15) is 0 Å². The maximum atomic E-state index is 12.8. The molecule has 2 aliphatic heterocycles. The molecule has 1 saturated heterocycles. The lowest BCUT2D eigenvalue weighted by molar-refractivity contribution is -0.138. The monoisotopic (exact) mass is 359 g/mol. The number of carboxylic acids is 1. The zero-order valence-corrected chi connectivity index (χ0v) is 13.9. The highest BCUT2D eigenvalue weighted by Crippen LogP contribution is 2.32. The number of carbonyl (C=O) groups excluding carboxylic acids is 4. The van der Waals surface area contributed by atoms with Crippen LogP contribution in [0.1, 0.15) is 46.9 Å². The summed E-state index contributed by atoms with van der Waals surface area (Å²) in [5, 5.41) is 13.9. The first-order chi connectivity index (χ1) is 12.3. The Bertz CT molecular complexity index is 834. The Morgan fingerprint density at radius 1 is 1.31 bits per heavy atom. The van der Waals surface area contributed by atoms with Crippen LogP contribution < -0.4 is 10.6 Å². The Balaban J connectivity index is 1.90. The van der Waals surface area contributed by atoms with Crippen LogP contribution in [-0.4, -0.2) is 51.7 Å². The molecule has 0 bridgehead atoms. The van der Waals surface area contributed by atoms with Crippen molar-refractivity contribution in [2.45, 2.75) is 38.3 Å². The molecule has 2 heterocycles. The van der Waals surface area contributed by atoms with Crippen LogP contribution in [0, 0.1) is 0 Å². The number of imide groups is 2. The predicted molar refractivity (Wildman–Crippen MR) is 88.5 cm³/mol. The van der Waals surface area contributed by atoms with E-state index >= 15 is 0 Å². The Morgan fingerprint density at radius 2 is 2.04 bits per heavy atom. The maximum Gasteiger partial charge on any atom is 0.305 e. The molecule has 9 heteroatoms. The van der Waals surface area contributed by atoms with Crippen LogP contribution >= 0.6 is 0 Å². The number of amides is 4. The number of nitrogens with one attached hydrogen (secondary N) is 2. The second-order valence-corrected chi connectivity index (χ2v) is 6.32. The van der Waals surface area contributed by atoms with Gasteiger partial charge in [0.2, 0.25) is 11.8 Å². The summed E-state index contributed by atoms with van der Waals surface area (Å²) in [6.07, 6.45) is -0.0401. The van der Waals surface area contributed by atoms with Gasteiger partial charge in [0.25, 0.3) is 11.8 Å². The third-order valence-corrected chi connectivity index (χ3v) is 4.35. The Hall–Kier alpha value is -3.23. The first-order valence-corrected chi connectivity index (χ1v) is 8.12. The molecule has 1 fully saturated rings. The lowest BCUT2D eigenvalue weighted by Gasteiger charge is -2.27. The highest BCUT2D eigenvalue weighted by atomic mass is 16.4. The Labute approximate surface area is 148 Å². The Morgan fingerprint density at radius 3 is 2.69 bits per heavy atom. The van der Waals surface area contributed by atoms with Gasteiger partial charge in [0.1, 0.15) is 6.04 Å². The fraction of sp³-hybridized carbons (Fsp3) is 0.353. The normalized spacial score (nSPS) is 20.7. The van der Waals surface area contributed by atoms with Crippen LogP contribution in [0.4, 0.5) is 5.69 Å². The van der Waals surface area contributed by atoms with Crippen molar-refractivity contribution in [2.75, 3.05) is 5.32 Å². The van der Waals surface area contributed by atoms with E-state index in [0.717, 1.165) is 4.90 Å². The van der Waals surface area contributed by atoms with Crippen molar-refractivity contribution in [2.24, 2.45) is 0 Å². The number of piperidine rings is 1. The number of hydrogen-bond donors (Lipinski definition) is 3. The molecule has 1 aromatic carbocycles. The van der Waals surface area contributed by atoms with Crippen LogP contribution in [0.15, 0.2) is 18.2 Å². The van der Waals surface area contributed by atoms with Gasteiger partial charge in [-0.05, 0) is 25.5 Å². The lowest BCUT2D eigenvalue weighted by Crippen LogP contribution is -2.54. The van der Waals surface area contributed by atoms with Gasteiger partial charge in [-0.3, -0.25) is 34.2 Å². The number of aliphatic carboxylic acids is 1. The summed E-state index contributed by atoms with van der Waals surface area (Å²) < 4.78 is 0. The summed E-state index contributed by atoms with van der Waals surface area (Å²) in [7, 11) is 0. The second kappa shape index (κ2) is 6.58. The van der Waals surface area contributed by atoms with Gasteiger partial charge in [0.05, 0.1) is 17.5 Å². The predicted octanol–water partition coefficient (Wildman–Crippen LogP) is 0.363. The van der Waals surface area contributed by atoms with Gasteiger partial charge >= 0.3 is 5.97 Å². The molecule has 136 valence electrons. The summed E-state index contributed by atoms with van der Waals surface area (Å²) in [6, 6.07) is 3.13. The van der Waals surface area contributed by atoms with E-state index in [1.165, 1.54) is 6.07 Å². The van der Waals surface area contributed by atoms with Crippen LogP contribution in [0.25, 0.3) is 0 Å². The molecule has 0 aliphatic carbocycles. The molecular weight excluding hydrogens is 342 g/mol. The summed E-state index contributed by atoms with van der Waals surface area (Å²) >= 11 is 0. The standard InChI is InChI=1S/C17H17N3O6/c1-8(7-13(22)23)18-10-4-2-3-9-14(10)17(26)20(16(9)25)11-5-6-12(21)19-15(11)24/h2-4,8,11,18H,5-7H2,1H3,(H,22,23)(H,19,21,24). The number of carbonyl (C=O) groups is 5. The smallest absolute Gasteiger partial charge is 0.305 e. The second-order valence-electron chi connectivity index (χ2n) is 6.32. The zero-order chi connectivity index (χ0) is 19.0. The average Bonchev–Trinajstić information content (AvgIpc) is 2.79. The fourth-order valence-corrected chi connectivity index (χ4v) is 3.21. The third kappa shape index (κ3) is 3.03. The van der Waals surface area contributed by atoms with Crippen LogP contribution in [0.5, 0.6) is 0 Å².